The van der Waals surface area contributed by atoms with Crippen LogP contribution in [0.4, 0.5) is 0 Å². The highest BCUT2D eigenvalue weighted by Gasteiger charge is 2.11. The van der Waals surface area contributed by atoms with E-state index in [9.17, 15) is 4.79 Å². The molecule has 20 heavy (non-hydrogen) atoms. The van der Waals surface area contributed by atoms with E-state index in [1.807, 2.05) is 18.2 Å². The summed E-state index contributed by atoms with van der Waals surface area (Å²) in [6.45, 7) is 4.36. The number of rotatable bonds is 10. The van der Waals surface area contributed by atoms with Gasteiger partial charge in [-0.15, -0.1) is 5.48 Å². The number of carbonyl (C=O) groups excluding carboxylic acids is 1. The Morgan fingerprint density at radius 1 is 1.05 bits per heavy atom. The fourth-order valence-electron chi connectivity index (χ4n) is 2.20. The van der Waals surface area contributed by atoms with E-state index in [-0.39, 0.29) is 12.0 Å². The highest BCUT2D eigenvalue weighted by atomic mass is 16.7. The molecule has 0 amide bonds. The third-order valence-electron chi connectivity index (χ3n) is 3.37. The van der Waals surface area contributed by atoms with Crippen LogP contribution in [0.1, 0.15) is 69.2 Å². The molecular weight excluding hydrogens is 250 g/mol. The Morgan fingerprint density at radius 2 is 1.80 bits per heavy atom. The third-order valence-corrected chi connectivity index (χ3v) is 3.37. The molecule has 1 atom stereocenters. The first-order chi connectivity index (χ1) is 9.77. The van der Waals surface area contributed by atoms with Crippen molar-refractivity contribution in [2.24, 2.45) is 0 Å². The molecule has 0 saturated heterocycles. The summed E-state index contributed by atoms with van der Waals surface area (Å²) >= 11 is 0. The van der Waals surface area contributed by atoms with Gasteiger partial charge in [0.15, 0.2) is 0 Å². The van der Waals surface area contributed by atoms with E-state index in [1.54, 1.807) is 12.1 Å². The summed E-state index contributed by atoms with van der Waals surface area (Å²) in [7, 11) is 0. The van der Waals surface area contributed by atoms with Crippen molar-refractivity contribution < 1.29 is 9.63 Å². The molecule has 0 aromatic heterocycles. The number of unbranched alkanes of at least 4 members (excludes halogenated alkanes) is 3. The van der Waals surface area contributed by atoms with Crippen molar-refractivity contribution in [1.82, 2.24) is 5.48 Å². The maximum absolute atomic E-state index is 11.8. The van der Waals surface area contributed by atoms with E-state index in [4.69, 9.17) is 4.84 Å². The van der Waals surface area contributed by atoms with E-state index in [0.29, 0.717) is 5.56 Å². The van der Waals surface area contributed by atoms with E-state index in [1.165, 1.54) is 25.7 Å². The average Bonchev–Trinajstić information content (AvgIpc) is 2.49. The van der Waals surface area contributed by atoms with Gasteiger partial charge in [-0.2, -0.15) is 0 Å². The molecule has 0 spiro atoms. The SMILES string of the molecule is CCCCCCC(CCC)NOC(=O)c1ccccc1. The third kappa shape index (κ3) is 6.71. The molecule has 1 aromatic rings. The molecule has 3 heteroatoms. The molecule has 0 fully saturated rings. The lowest BCUT2D eigenvalue weighted by molar-refractivity contribution is 0.0132. The minimum absolute atomic E-state index is 0.268. The number of hydrogen-bond donors (Lipinski definition) is 1. The smallest absolute Gasteiger partial charge is 0.356 e. The van der Waals surface area contributed by atoms with Crippen LogP contribution in [0.5, 0.6) is 0 Å². The predicted octanol–water partition coefficient (Wildman–Crippen LogP) is 4.49. The summed E-state index contributed by atoms with van der Waals surface area (Å²) in [5.41, 5.74) is 3.53. The molecule has 112 valence electrons. The van der Waals surface area contributed by atoms with Crippen molar-refractivity contribution >= 4 is 5.97 Å². The fourth-order valence-corrected chi connectivity index (χ4v) is 2.20. The highest BCUT2D eigenvalue weighted by molar-refractivity contribution is 5.89. The van der Waals surface area contributed by atoms with E-state index >= 15 is 0 Å². The zero-order valence-corrected chi connectivity index (χ0v) is 12.7. The normalized spacial score (nSPS) is 12.1. The predicted molar refractivity (Wildman–Crippen MR) is 82.4 cm³/mol. The summed E-state index contributed by atoms with van der Waals surface area (Å²) in [5.74, 6) is -0.305. The molecule has 0 radical (unpaired) electrons. The van der Waals surface area contributed by atoms with Crippen LogP contribution in [0, 0.1) is 0 Å². The van der Waals surface area contributed by atoms with Crippen LogP contribution < -0.4 is 5.48 Å². The number of hydroxylamine groups is 1. The zero-order chi connectivity index (χ0) is 14.6. The maximum atomic E-state index is 11.8. The number of carbonyl (C=O) groups is 1. The van der Waals surface area contributed by atoms with Gasteiger partial charge in [0.2, 0.25) is 0 Å². The van der Waals surface area contributed by atoms with Crippen molar-refractivity contribution in [2.75, 3.05) is 0 Å². The number of benzene rings is 1. The molecule has 0 saturated carbocycles. The lowest BCUT2D eigenvalue weighted by Crippen LogP contribution is -2.31. The summed E-state index contributed by atoms with van der Waals surface area (Å²) in [5, 5.41) is 0. The average molecular weight is 277 g/mol. The highest BCUT2D eigenvalue weighted by Crippen LogP contribution is 2.10. The Kier molecular flexibility index (Phi) is 8.72. The van der Waals surface area contributed by atoms with E-state index < -0.39 is 0 Å². The van der Waals surface area contributed by atoms with Gasteiger partial charge in [0.05, 0.1) is 5.56 Å². The first-order valence-electron chi connectivity index (χ1n) is 7.79. The Labute approximate surface area is 122 Å². The topological polar surface area (TPSA) is 38.3 Å². The van der Waals surface area contributed by atoms with Gasteiger partial charge in [-0.25, -0.2) is 4.79 Å². The van der Waals surface area contributed by atoms with E-state index in [2.05, 4.69) is 19.3 Å². The largest absolute Gasteiger partial charge is 0.366 e. The van der Waals surface area contributed by atoms with Gasteiger partial charge >= 0.3 is 5.97 Å². The second-order valence-electron chi connectivity index (χ2n) is 5.21. The van der Waals surface area contributed by atoms with Crippen molar-refractivity contribution in [3.05, 3.63) is 35.9 Å². The van der Waals surface area contributed by atoms with Crippen LogP contribution in [-0.4, -0.2) is 12.0 Å². The molecule has 3 nitrogen and oxygen atoms in total. The molecule has 0 aliphatic heterocycles. The van der Waals surface area contributed by atoms with Crippen LogP contribution in [0.2, 0.25) is 0 Å². The van der Waals surface area contributed by atoms with Crippen LogP contribution in [0.25, 0.3) is 0 Å². The maximum Gasteiger partial charge on any atom is 0.356 e. The van der Waals surface area contributed by atoms with Crippen LogP contribution in [-0.2, 0) is 4.84 Å². The van der Waals surface area contributed by atoms with Gasteiger partial charge in [-0.3, -0.25) is 0 Å². The summed E-state index contributed by atoms with van der Waals surface area (Å²) in [4.78, 5) is 17.1. The molecule has 1 rings (SSSR count). The van der Waals surface area contributed by atoms with Crippen molar-refractivity contribution in [1.29, 1.82) is 0 Å². The molecule has 0 aliphatic carbocycles. The molecule has 1 aromatic carbocycles. The van der Waals surface area contributed by atoms with Gasteiger partial charge in [-0.05, 0) is 25.0 Å². The van der Waals surface area contributed by atoms with E-state index in [0.717, 1.165) is 19.3 Å². The van der Waals surface area contributed by atoms with Crippen molar-refractivity contribution in [3.8, 4) is 0 Å². The van der Waals surface area contributed by atoms with Gasteiger partial charge in [0, 0.05) is 6.04 Å². The van der Waals surface area contributed by atoms with Gasteiger partial charge in [-0.1, -0.05) is 64.2 Å². The van der Waals surface area contributed by atoms with Crippen LogP contribution in [0.3, 0.4) is 0 Å². The fraction of sp³-hybridized carbons (Fsp3) is 0.588. The lowest BCUT2D eigenvalue weighted by Gasteiger charge is -2.17. The van der Waals surface area contributed by atoms with Crippen molar-refractivity contribution in [2.45, 2.75) is 64.8 Å². The molecule has 0 bridgehead atoms. The second kappa shape index (κ2) is 10.4. The van der Waals surface area contributed by atoms with Crippen LogP contribution >= 0.6 is 0 Å². The second-order valence-corrected chi connectivity index (χ2v) is 5.21. The Morgan fingerprint density at radius 3 is 2.45 bits per heavy atom. The zero-order valence-electron chi connectivity index (χ0n) is 12.7. The Bertz CT molecular complexity index is 365. The van der Waals surface area contributed by atoms with Crippen molar-refractivity contribution in [3.63, 3.8) is 0 Å². The summed E-state index contributed by atoms with van der Waals surface area (Å²) < 4.78 is 0. The Balaban J connectivity index is 2.32. The first kappa shape index (κ1) is 16.7. The molecule has 1 unspecified atom stereocenters. The number of hydrogen-bond acceptors (Lipinski definition) is 3. The molecule has 0 aliphatic rings. The van der Waals surface area contributed by atoms with Gasteiger partial charge in [0.25, 0.3) is 0 Å². The van der Waals surface area contributed by atoms with Crippen LogP contribution in [0.15, 0.2) is 30.3 Å². The van der Waals surface area contributed by atoms with Gasteiger partial charge in [0.1, 0.15) is 0 Å². The first-order valence-corrected chi connectivity index (χ1v) is 7.79. The molecule has 0 heterocycles. The minimum atomic E-state index is -0.305. The standard InChI is InChI=1S/C17H27NO2/c1-3-5-6-10-14-16(11-4-2)18-20-17(19)15-12-8-7-9-13-15/h7-9,12-13,16,18H,3-6,10-11,14H2,1-2H3. The lowest BCUT2D eigenvalue weighted by atomic mass is 10.0. The molecule has 1 N–H and O–H groups in total. The quantitative estimate of drug-likeness (QED) is 0.506. The minimum Gasteiger partial charge on any atom is -0.366 e. The number of nitrogens with one attached hydrogen (secondary N) is 1. The summed E-state index contributed by atoms with van der Waals surface area (Å²) in [6, 6.07) is 9.36. The molecular formula is C17H27NO2. The van der Waals surface area contributed by atoms with Gasteiger partial charge < -0.3 is 4.84 Å². The summed E-state index contributed by atoms with van der Waals surface area (Å²) in [6.07, 6.45) is 8.16. The Hall–Kier alpha value is -1.35. The monoisotopic (exact) mass is 277 g/mol.